The third-order valence-electron chi connectivity index (χ3n) is 10.2. The van der Waals surface area contributed by atoms with Crippen LogP contribution in [0.25, 0.3) is 34.4 Å². The molecule has 4 aromatic carbocycles. The smallest absolute Gasteiger partial charge is 1.00 e. The fourth-order valence-corrected chi connectivity index (χ4v) is 18.6. The van der Waals surface area contributed by atoms with Crippen molar-refractivity contribution < 1.29 is 50.9 Å². The standard InChI is InChI=1S/2C19H19O.C2H4.2ClH.Ti/c2*1-3-5-14-12-16-6-4-7-18(19(16)13-14)15-8-10-17(20-2)11-9-15;1-2;;;/h2*4,6-13H,3,5H2,1-2H3;1-2H2;2*1H;/q;;;;;+2/p-2. The van der Waals surface area contributed by atoms with Crippen molar-refractivity contribution in [2.75, 3.05) is 14.2 Å². The molecule has 3 aliphatic rings. The van der Waals surface area contributed by atoms with Crippen molar-refractivity contribution in [3.05, 3.63) is 118 Å². The Bertz CT molecular complexity index is 1590. The first-order valence-electron chi connectivity index (χ1n) is 16.1. The van der Waals surface area contributed by atoms with E-state index >= 15 is 0 Å². The van der Waals surface area contributed by atoms with Crippen molar-refractivity contribution >= 4 is 12.2 Å². The van der Waals surface area contributed by atoms with Crippen LogP contribution in [0.5, 0.6) is 11.5 Å². The molecule has 0 radical (unpaired) electrons. The van der Waals surface area contributed by atoms with Gasteiger partial charge in [0, 0.05) is 0 Å². The summed E-state index contributed by atoms with van der Waals surface area (Å²) in [5.74, 6) is 1.82. The predicted octanol–water partition coefficient (Wildman–Crippen LogP) is 5.23. The van der Waals surface area contributed by atoms with Crippen LogP contribution in [0.3, 0.4) is 0 Å². The van der Waals surface area contributed by atoms with Gasteiger partial charge in [0.25, 0.3) is 0 Å². The second kappa shape index (κ2) is 13.9. The van der Waals surface area contributed by atoms with E-state index in [4.69, 9.17) is 9.47 Å². The molecule has 1 saturated heterocycles. The van der Waals surface area contributed by atoms with Crippen molar-refractivity contribution in [2.45, 2.75) is 57.4 Å². The number of ether oxygens (including phenoxy) is 2. The summed E-state index contributed by atoms with van der Waals surface area (Å²) in [6, 6.07) is 31.5. The molecule has 4 aromatic rings. The minimum atomic E-state index is -2.44. The van der Waals surface area contributed by atoms with Crippen LogP contribution >= 0.6 is 0 Å². The van der Waals surface area contributed by atoms with Crippen LogP contribution in [-0.4, -0.2) is 14.2 Å². The van der Waals surface area contributed by atoms with Gasteiger partial charge in [-0.15, -0.1) is 0 Å². The first kappa shape index (κ1) is 33.6. The number of halogens is 2. The molecule has 45 heavy (non-hydrogen) atoms. The molecule has 7 rings (SSSR count). The monoisotopic (exact) mass is 672 g/mol. The minimum Gasteiger partial charge on any atom is -1.00 e. The molecule has 232 valence electrons. The molecule has 0 spiro atoms. The molecule has 0 amide bonds. The number of methoxy groups -OCH3 is 2. The van der Waals surface area contributed by atoms with Crippen LogP contribution in [0.1, 0.15) is 70.2 Å². The van der Waals surface area contributed by atoms with Gasteiger partial charge in [0.05, 0.1) is 0 Å². The van der Waals surface area contributed by atoms with Crippen LogP contribution in [0.2, 0.25) is 9.45 Å². The summed E-state index contributed by atoms with van der Waals surface area (Å²) in [5.41, 5.74) is 14.9. The van der Waals surface area contributed by atoms with Crippen LogP contribution in [0.4, 0.5) is 0 Å². The molecule has 2 unspecified atom stereocenters. The van der Waals surface area contributed by atoms with Gasteiger partial charge >= 0.3 is 262 Å². The van der Waals surface area contributed by atoms with E-state index in [2.05, 4.69) is 111 Å². The molecule has 1 aliphatic heterocycles. The summed E-state index contributed by atoms with van der Waals surface area (Å²) in [4.78, 5) is 0. The molecule has 5 heteroatoms. The molecular weight excluding hydrogens is 631 g/mol. The maximum atomic E-state index is 5.46. The normalized spacial score (nSPS) is 17.8. The zero-order valence-corrected chi connectivity index (χ0v) is 29.8. The Balaban J connectivity index is 0.00000200. The average molecular weight is 674 g/mol. The average Bonchev–Trinajstić information content (AvgIpc) is 3.60. The first-order valence-corrected chi connectivity index (χ1v) is 20.1. The number of rotatable bonds is 10. The Hall–Kier alpha value is -2.75. The molecule has 0 bridgehead atoms. The summed E-state index contributed by atoms with van der Waals surface area (Å²) in [7, 11) is 3.48. The van der Waals surface area contributed by atoms with Crippen LogP contribution in [0, 0.1) is 0 Å². The van der Waals surface area contributed by atoms with Gasteiger partial charge in [-0.1, -0.05) is 0 Å². The second-order valence-corrected chi connectivity index (χ2v) is 19.8. The quantitative estimate of drug-likeness (QED) is 0.215. The second-order valence-electron chi connectivity index (χ2n) is 12.6. The maximum absolute atomic E-state index is 5.46. The SMILES string of the molecule is CCCC1=Cc2c(-c3ccc(OC)cc3)cccc2[CH]1[Ti+2]1([CH]2C(CCC)=Cc3c(-c4ccc(OC)cc4)cccc32)[CH2][CH2]1.[Cl-].[Cl-]. The zero-order chi connectivity index (χ0) is 29.6. The Morgan fingerprint density at radius 3 is 1.31 bits per heavy atom. The topological polar surface area (TPSA) is 18.5 Å². The summed E-state index contributed by atoms with van der Waals surface area (Å²) >= 11 is -2.44. The van der Waals surface area contributed by atoms with E-state index in [1.807, 2.05) is 0 Å². The molecule has 2 nitrogen and oxygen atoms in total. The number of hydrogen-bond acceptors (Lipinski definition) is 2. The molecule has 1 heterocycles. The Kier molecular flexibility index (Phi) is 10.4. The van der Waals surface area contributed by atoms with Crippen molar-refractivity contribution in [3.8, 4) is 33.8 Å². The number of benzene rings is 4. The van der Waals surface area contributed by atoms with Gasteiger partial charge in [-0.05, 0) is 0 Å². The summed E-state index contributed by atoms with van der Waals surface area (Å²) in [6.45, 7) is 4.71. The number of allylic oxidation sites excluding steroid dienone is 2. The summed E-state index contributed by atoms with van der Waals surface area (Å²) < 4.78 is 15.2. The Labute approximate surface area is 285 Å². The largest absolute Gasteiger partial charge is 1.00 e. The Morgan fingerprint density at radius 2 is 0.978 bits per heavy atom. The molecule has 1 fully saturated rings. The number of fused-ring (bicyclic) bond motifs is 2. The molecule has 0 aromatic heterocycles. The van der Waals surface area contributed by atoms with E-state index in [9.17, 15) is 0 Å². The van der Waals surface area contributed by atoms with Crippen molar-refractivity contribution in [2.24, 2.45) is 0 Å². The van der Waals surface area contributed by atoms with E-state index in [-0.39, 0.29) is 24.8 Å². The molecule has 2 aliphatic carbocycles. The van der Waals surface area contributed by atoms with Gasteiger partial charge in [-0.2, -0.15) is 0 Å². The van der Waals surface area contributed by atoms with E-state index in [1.54, 1.807) is 36.5 Å². The van der Waals surface area contributed by atoms with Gasteiger partial charge in [-0.25, -0.2) is 0 Å². The van der Waals surface area contributed by atoms with E-state index in [0.717, 1.165) is 11.5 Å². The van der Waals surface area contributed by atoms with Crippen LogP contribution < -0.4 is 34.3 Å². The Morgan fingerprint density at radius 1 is 0.578 bits per heavy atom. The van der Waals surface area contributed by atoms with Crippen LogP contribution in [0.15, 0.2) is 96.1 Å². The fraction of sp³-hybridized carbons (Fsp3) is 0.300. The maximum Gasteiger partial charge on any atom is -1.00 e. The van der Waals surface area contributed by atoms with Gasteiger partial charge < -0.3 is 24.8 Å². The molecule has 2 atom stereocenters. The molecular formula is C40H42Cl2O2Ti. The number of hydrogen-bond donors (Lipinski definition) is 0. The van der Waals surface area contributed by atoms with Gasteiger partial charge in [0.15, 0.2) is 0 Å². The first-order chi connectivity index (χ1) is 21.1. The summed E-state index contributed by atoms with van der Waals surface area (Å²) in [6.07, 6.45) is 10.0. The molecule has 0 saturated carbocycles. The van der Waals surface area contributed by atoms with Gasteiger partial charge in [0.2, 0.25) is 0 Å². The van der Waals surface area contributed by atoms with Gasteiger partial charge in [-0.3, -0.25) is 0 Å². The zero-order valence-electron chi connectivity index (χ0n) is 26.7. The minimum absolute atomic E-state index is 0. The van der Waals surface area contributed by atoms with Crippen molar-refractivity contribution in [1.82, 2.24) is 0 Å². The van der Waals surface area contributed by atoms with Crippen LogP contribution in [-0.2, 0) is 16.6 Å². The van der Waals surface area contributed by atoms with E-state index in [1.165, 1.54) is 68.5 Å². The third-order valence-corrected chi connectivity index (χ3v) is 18.5. The van der Waals surface area contributed by atoms with Crippen molar-refractivity contribution in [3.63, 3.8) is 0 Å². The van der Waals surface area contributed by atoms with Gasteiger partial charge in [0.1, 0.15) is 0 Å². The van der Waals surface area contributed by atoms with Crippen molar-refractivity contribution in [1.29, 1.82) is 0 Å². The van der Waals surface area contributed by atoms with E-state index in [0.29, 0.717) is 8.45 Å². The fourth-order valence-electron chi connectivity index (χ4n) is 8.23. The predicted molar refractivity (Wildman–Crippen MR) is 178 cm³/mol. The molecule has 0 N–H and O–H groups in total. The van der Waals surface area contributed by atoms with E-state index < -0.39 is 16.6 Å². The summed E-state index contributed by atoms with van der Waals surface area (Å²) in [5, 5.41) is 0. The third kappa shape index (κ3) is 5.85.